The van der Waals surface area contributed by atoms with Crippen LogP contribution >= 0.6 is 15.9 Å². The van der Waals surface area contributed by atoms with Crippen LogP contribution in [0.25, 0.3) is 0 Å². The molecular weight excluding hydrogens is 440 g/mol. The lowest BCUT2D eigenvalue weighted by Gasteiger charge is -2.23. The van der Waals surface area contributed by atoms with Crippen molar-refractivity contribution in [2.24, 2.45) is 23.7 Å². The maximum absolute atomic E-state index is 12.8. The van der Waals surface area contributed by atoms with E-state index in [1.54, 1.807) is 12.1 Å². The maximum atomic E-state index is 12.8. The SMILES string of the molecule is Cc1cc(Br)ccc1NC(=O)COC(=O)[C@H](C)N1C(=O)[C@H]2[C@H](C1=O)[C@H]1C=C[C@H]2C1. The number of halogens is 1. The monoisotopic (exact) mass is 460 g/mol. The largest absolute Gasteiger partial charge is 0.454 e. The van der Waals surface area contributed by atoms with Gasteiger partial charge in [-0.1, -0.05) is 28.1 Å². The second kappa shape index (κ2) is 7.40. The van der Waals surface area contributed by atoms with Gasteiger partial charge in [0.2, 0.25) is 11.8 Å². The standard InChI is InChI=1S/C21H21BrN2O5/c1-10-7-14(22)5-6-15(10)23-16(25)9-29-21(28)11(2)24-19(26)17-12-3-4-13(8-12)18(17)20(24)27/h3-7,11-13,17-18H,8-9H2,1-2H3,(H,23,25)/t11-,12-,13-,17+,18+/m0/s1. The first-order valence-corrected chi connectivity index (χ1v) is 10.3. The molecular formula is C21H21BrN2O5. The van der Waals surface area contributed by atoms with Crippen LogP contribution in [0.4, 0.5) is 5.69 Å². The Morgan fingerprint density at radius 1 is 1.21 bits per heavy atom. The molecule has 7 nitrogen and oxygen atoms in total. The number of hydrogen-bond acceptors (Lipinski definition) is 5. The number of fused-ring (bicyclic) bond motifs is 5. The van der Waals surface area contributed by atoms with Gasteiger partial charge in [0.1, 0.15) is 6.04 Å². The molecule has 29 heavy (non-hydrogen) atoms. The first-order chi connectivity index (χ1) is 13.8. The molecule has 1 aromatic rings. The molecule has 0 radical (unpaired) electrons. The number of benzene rings is 1. The number of allylic oxidation sites excluding steroid dienone is 2. The summed E-state index contributed by atoms with van der Waals surface area (Å²) in [5, 5.41) is 2.68. The van der Waals surface area contributed by atoms with Gasteiger partial charge in [-0.15, -0.1) is 0 Å². The Bertz CT molecular complexity index is 913. The highest BCUT2D eigenvalue weighted by Crippen LogP contribution is 2.52. The van der Waals surface area contributed by atoms with E-state index in [4.69, 9.17) is 4.74 Å². The van der Waals surface area contributed by atoms with Gasteiger partial charge < -0.3 is 10.1 Å². The van der Waals surface area contributed by atoms with Crippen molar-refractivity contribution in [1.29, 1.82) is 0 Å². The Kier molecular flexibility index (Phi) is 5.06. The number of ether oxygens (including phenoxy) is 1. The van der Waals surface area contributed by atoms with Crippen LogP contribution in [0.3, 0.4) is 0 Å². The molecule has 0 aromatic heterocycles. The molecule has 2 aliphatic carbocycles. The molecule has 8 heteroatoms. The summed E-state index contributed by atoms with van der Waals surface area (Å²) < 4.78 is 5.97. The molecule has 1 aliphatic heterocycles. The molecule has 2 bridgehead atoms. The van der Waals surface area contributed by atoms with Crippen LogP contribution in [0.1, 0.15) is 18.9 Å². The van der Waals surface area contributed by atoms with E-state index in [-0.39, 0.29) is 35.5 Å². The van der Waals surface area contributed by atoms with Gasteiger partial charge in [0, 0.05) is 10.2 Å². The molecule has 5 atom stereocenters. The minimum absolute atomic E-state index is 0.0783. The predicted molar refractivity (Wildman–Crippen MR) is 107 cm³/mol. The molecule has 0 unspecified atom stereocenters. The van der Waals surface area contributed by atoms with Crippen molar-refractivity contribution in [3.05, 3.63) is 40.4 Å². The third-order valence-electron chi connectivity index (χ3n) is 6.04. The van der Waals surface area contributed by atoms with E-state index >= 15 is 0 Å². The fourth-order valence-corrected chi connectivity index (χ4v) is 5.10. The van der Waals surface area contributed by atoms with Crippen molar-refractivity contribution < 1.29 is 23.9 Å². The minimum Gasteiger partial charge on any atom is -0.454 e. The van der Waals surface area contributed by atoms with E-state index in [0.717, 1.165) is 21.4 Å². The molecule has 1 heterocycles. The number of likely N-dealkylation sites (tertiary alicyclic amines) is 1. The molecule has 3 aliphatic rings. The summed E-state index contributed by atoms with van der Waals surface area (Å²) in [5.41, 5.74) is 1.47. The van der Waals surface area contributed by atoms with Gasteiger partial charge in [-0.25, -0.2) is 4.79 Å². The van der Waals surface area contributed by atoms with Crippen LogP contribution in [-0.4, -0.2) is 41.2 Å². The number of hydrogen-bond donors (Lipinski definition) is 1. The minimum atomic E-state index is -1.05. The zero-order valence-corrected chi connectivity index (χ0v) is 17.6. The van der Waals surface area contributed by atoms with Crippen molar-refractivity contribution >= 4 is 45.3 Å². The number of aryl methyl sites for hydroxylation is 1. The molecule has 152 valence electrons. The summed E-state index contributed by atoms with van der Waals surface area (Å²) in [4.78, 5) is 51.1. The summed E-state index contributed by atoms with van der Waals surface area (Å²) >= 11 is 3.35. The quantitative estimate of drug-likeness (QED) is 0.413. The molecule has 3 amide bonds. The van der Waals surface area contributed by atoms with Gasteiger partial charge in [0.15, 0.2) is 6.61 Å². The number of amides is 3. The molecule has 1 N–H and O–H groups in total. The van der Waals surface area contributed by atoms with E-state index < -0.39 is 24.5 Å². The molecule has 1 aromatic carbocycles. The van der Waals surface area contributed by atoms with Gasteiger partial charge in [-0.3, -0.25) is 19.3 Å². The summed E-state index contributed by atoms with van der Waals surface area (Å²) in [6.45, 7) is 2.82. The zero-order chi connectivity index (χ0) is 20.9. The summed E-state index contributed by atoms with van der Waals surface area (Å²) in [6.07, 6.45) is 4.82. The number of nitrogens with one attached hydrogen (secondary N) is 1. The number of carbonyl (C=O) groups is 4. The average molecular weight is 461 g/mol. The van der Waals surface area contributed by atoms with Crippen molar-refractivity contribution in [1.82, 2.24) is 4.90 Å². The van der Waals surface area contributed by atoms with E-state index in [1.165, 1.54) is 6.92 Å². The average Bonchev–Trinajstić information content (AvgIpc) is 3.35. The van der Waals surface area contributed by atoms with Crippen LogP contribution in [-0.2, 0) is 23.9 Å². The van der Waals surface area contributed by atoms with E-state index in [1.807, 2.05) is 25.1 Å². The third-order valence-corrected chi connectivity index (χ3v) is 6.53. The fraction of sp³-hybridized carbons (Fsp3) is 0.429. The molecule has 1 saturated heterocycles. The predicted octanol–water partition coefficient (Wildman–Crippen LogP) is 2.43. The van der Waals surface area contributed by atoms with Crippen molar-refractivity contribution in [3.8, 4) is 0 Å². The number of rotatable bonds is 5. The highest BCUT2D eigenvalue weighted by atomic mass is 79.9. The van der Waals surface area contributed by atoms with E-state index in [9.17, 15) is 19.2 Å². The van der Waals surface area contributed by atoms with Crippen molar-refractivity contribution in [3.63, 3.8) is 0 Å². The topological polar surface area (TPSA) is 92.8 Å². The second-order valence-electron chi connectivity index (χ2n) is 7.84. The van der Waals surface area contributed by atoms with E-state index in [0.29, 0.717) is 5.69 Å². The molecule has 2 fully saturated rings. The second-order valence-corrected chi connectivity index (χ2v) is 8.75. The Balaban J connectivity index is 1.35. The third kappa shape index (κ3) is 3.39. The summed E-state index contributed by atoms with van der Waals surface area (Å²) in [5.74, 6) is -2.45. The van der Waals surface area contributed by atoms with Crippen molar-refractivity contribution in [2.45, 2.75) is 26.3 Å². The first kappa shape index (κ1) is 19.8. The Morgan fingerprint density at radius 3 is 2.41 bits per heavy atom. The zero-order valence-electron chi connectivity index (χ0n) is 16.1. The van der Waals surface area contributed by atoms with Crippen LogP contribution in [0.5, 0.6) is 0 Å². The van der Waals surface area contributed by atoms with E-state index in [2.05, 4.69) is 21.2 Å². The number of nitrogens with zero attached hydrogens (tertiary/aromatic N) is 1. The van der Waals surface area contributed by atoms with Gasteiger partial charge >= 0.3 is 5.97 Å². The van der Waals surface area contributed by atoms with Crippen LogP contribution in [0.2, 0.25) is 0 Å². The lowest BCUT2D eigenvalue weighted by atomic mass is 9.85. The highest BCUT2D eigenvalue weighted by Gasteiger charge is 2.60. The normalized spacial score (nSPS) is 27.9. The summed E-state index contributed by atoms with van der Waals surface area (Å²) in [6, 6.07) is 4.33. The van der Waals surface area contributed by atoms with Gasteiger partial charge in [0.05, 0.1) is 11.8 Å². The first-order valence-electron chi connectivity index (χ1n) is 9.56. The number of esters is 1. The van der Waals surface area contributed by atoms with Crippen LogP contribution < -0.4 is 5.32 Å². The Hall–Kier alpha value is -2.48. The number of anilines is 1. The van der Waals surface area contributed by atoms with Gasteiger partial charge in [0.25, 0.3) is 5.91 Å². The highest BCUT2D eigenvalue weighted by molar-refractivity contribution is 9.10. The smallest absolute Gasteiger partial charge is 0.329 e. The maximum Gasteiger partial charge on any atom is 0.329 e. The van der Waals surface area contributed by atoms with Crippen LogP contribution in [0, 0.1) is 30.6 Å². The van der Waals surface area contributed by atoms with Gasteiger partial charge in [-0.2, -0.15) is 0 Å². The molecule has 1 saturated carbocycles. The fourth-order valence-electron chi connectivity index (χ4n) is 4.62. The Labute approximate surface area is 176 Å². The lowest BCUT2D eigenvalue weighted by Crippen LogP contribution is -2.45. The van der Waals surface area contributed by atoms with Crippen LogP contribution in [0.15, 0.2) is 34.8 Å². The Morgan fingerprint density at radius 2 is 1.83 bits per heavy atom. The lowest BCUT2D eigenvalue weighted by molar-refractivity contribution is -0.159. The number of imide groups is 1. The molecule has 0 spiro atoms. The summed E-state index contributed by atoms with van der Waals surface area (Å²) in [7, 11) is 0. The van der Waals surface area contributed by atoms with Gasteiger partial charge in [-0.05, 0) is 55.9 Å². The van der Waals surface area contributed by atoms with Crippen molar-refractivity contribution in [2.75, 3.05) is 11.9 Å². The molecule has 4 rings (SSSR count). The number of carbonyl (C=O) groups excluding carboxylic acids is 4.